The molecule has 3 rings (SSSR count). The summed E-state index contributed by atoms with van der Waals surface area (Å²) in [7, 11) is 1.38. The SMILES string of the molecule is COc1ccc(NC(=O)NC(c2nnc3ccccn23)C(C)C)cc1F. The van der Waals surface area contributed by atoms with E-state index >= 15 is 0 Å². The summed E-state index contributed by atoms with van der Waals surface area (Å²) in [5.74, 6) is 0.271. The summed E-state index contributed by atoms with van der Waals surface area (Å²) < 4.78 is 20.5. The van der Waals surface area contributed by atoms with E-state index in [-0.39, 0.29) is 17.7 Å². The normalized spacial score (nSPS) is 12.2. The quantitative estimate of drug-likeness (QED) is 0.733. The first-order chi connectivity index (χ1) is 12.5. The Bertz CT molecular complexity index is 925. The fourth-order valence-electron chi connectivity index (χ4n) is 2.65. The number of ether oxygens (including phenoxy) is 1. The van der Waals surface area contributed by atoms with Crippen LogP contribution in [0.3, 0.4) is 0 Å². The predicted molar refractivity (Wildman–Crippen MR) is 95.7 cm³/mol. The molecular formula is C18H20FN5O2. The van der Waals surface area contributed by atoms with Crippen molar-refractivity contribution in [3.63, 3.8) is 0 Å². The number of rotatable bonds is 5. The van der Waals surface area contributed by atoms with Crippen molar-refractivity contribution in [2.45, 2.75) is 19.9 Å². The van der Waals surface area contributed by atoms with Crippen molar-refractivity contribution in [3.05, 3.63) is 54.2 Å². The molecule has 2 heterocycles. The van der Waals surface area contributed by atoms with Gasteiger partial charge in [-0.2, -0.15) is 0 Å². The fourth-order valence-corrected chi connectivity index (χ4v) is 2.65. The monoisotopic (exact) mass is 357 g/mol. The van der Waals surface area contributed by atoms with Crippen molar-refractivity contribution < 1.29 is 13.9 Å². The van der Waals surface area contributed by atoms with Crippen LogP contribution < -0.4 is 15.4 Å². The topological polar surface area (TPSA) is 80.5 Å². The van der Waals surface area contributed by atoms with E-state index in [1.54, 1.807) is 6.07 Å². The molecule has 1 atom stereocenters. The van der Waals surface area contributed by atoms with Crippen molar-refractivity contribution in [1.29, 1.82) is 0 Å². The Morgan fingerprint density at radius 2 is 2.04 bits per heavy atom. The highest BCUT2D eigenvalue weighted by Crippen LogP contribution is 2.23. The van der Waals surface area contributed by atoms with Gasteiger partial charge in [-0.05, 0) is 30.2 Å². The van der Waals surface area contributed by atoms with Crippen molar-refractivity contribution in [2.75, 3.05) is 12.4 Å². The molecule has 0 radical (unpaired) electrons. The molecule has 1 unspecified atom stereocenters. The van der Waals surface area contributed by atoms with E-state index in [1.165, 1.54) is 19.2 Å². The average Bonchev–Trinajstić information content (AvgIpc) is 3.03. The van der Waals surface area contributed by atoms with Crippen molar-refractivity contribution in [3.8, 4) is 5.75 Å². The van der Waals surface area contributed by atoms with E-state index in [4.69, 9.17) is 4.74 Å². The number of hydrogen-bond donors (Lipinski definition) is 2. The average molecular weight is 357 g/mol. The molecule has 0 fully saturated rings. The number of carbonyl (C=O) groups is 1. The number of nitrogens with one attached hydrogen (secondary N) is 2. The summed E-state index contributed by atoms with van der Waals surface area (Å²) in [5, 5.41) is 13.8. The van der Waals surface area contributed by atoms with E-state index < -0.39 is 11.8 Å². The lowest BCUT2D eigenvalue weighted by atomic mass is 10.0. The molecule has 8 heteroatoms. The van der Waals surface area contributed by atoms with Crippen LogP contribution in [0, 0.1) is 11.7 Å². The lowest BCUT2D eigenvalue weighted by Gasteiger charge is -2.21. The molecule has 2 aromatic heterocycles. The van der Waals surface area contributed by atoms with Gasteiger partial charge >= 0.3 is 6.03 Å². The number of amides is 2. The van der Waals surface area contributed by atoms with Gasteiger partial charge in [-0.25, -0.2) is 9.18 Å². The second kappa shape index (κ2) is 7.38. The molecule has 2 N–H and O–H groups in total. The van der Waals surface area contributed by atoms with E-state index in [0.29, 0.717) is 17.2 Å². The van der Waals surface area contributed by atoms with Gasteiger partial charge in [0.2, 0.25) is 0 Å². The number of methoxy groups -OCH3 is 1. The van der Waals surface area contributed by atoms with Gasteiger partial charge in [-0.15, -0.1) is 10.2 Å². The molecule has 0 aliphatic carbocycles. The van der Waals surface area contributed by atoms with Gasteiger partial charge < -0.3 is 15.4 Å². The van der Waals surface area contributed by atoms with Gasteiger partial charge in [0.1, 0.15) is 0 Å². The van der Waals surface area contributed by atoms with Crippen molar-refractivity contribution in [2.24, 2.45) is 5.92 Å². The molecule has 0 bridgehead atoms. The summed E-state index contributed by atoms with van der Waals surface area (Å²) >= 11 is 0. The number of anilines is 1. The number of aromatic nitrogens is 3. The van der Waals surface area contributed by atoms with Crippen LogP contribution in [0.1, 0.15) is 25.7 Å². The Kier molecular flexibility index (Phi) is 5.01. The van der Waals surface area contributed by atoms with Crippen LogP contribution in [0.15, 0.2) is 42.6 Å². The Hall–Kier alpha value is -3.16. The van der Waals surface area contributed by atoms with Crippen LogP contribution in [0.4, 0.5) is 14.9 Å². The maximum atomic E-state index is 13.8. The highest BCUT2D eigenvalue weighted by Gasteiger charge is 2.23. The molecule has 26 heavy (non-hydrogen) atoms. The summed E-state index contributed by atoms with van der Waals surface area (Å²) in [6, 6.07) is 8.99. The zero-order chi connectivity index (χ0) is 18.7. The second-order valence-corrected chi connectivity index (χ2v) is 6.16. The molecular weight excluding hydrogens is 337 g/mol. The Balaban J connectivity index is 1.78. The number of urea groups is 1. The van der Waals surface area contributed by atoms with Crippen LogP contribution in [-0.4, -0.2) is 27.7 Å². The minimum atomic E-state index is -0.547. The fraction of sp³-hybridized carbons (Fsp3) is 0.278. The zero-order valence-corrected chi connectivity index (χ0v) is 14.7. The van der Waals surface area contributed by atoms with E-state index in [0.717, 1.165) is 0 Å². The number of halogens is 1. The minimum absolute atomic E-state index is 0.0703. The largest absolute Gasteiger partial charge is 0.494 e. The molecule has 0 saturated carbocycles. The van der Waals surface area contributed by atoms with Gasteiger partial charge in [0, 0.05) is 18.0 Å². The molecule has 0 saturated heterocycles. The molecule has 0 spiro atoms. The number of benzene rings is 1. The Morgan fingerprint density at radius 1 is 1.23 bits per heavy atom. The summed E-state index contributed by atoms with van der Waals surface area (Å²) in [6.45, 7) is 3.95. The third kappa shape index (κ3) is 3.58. The predicted octanol–water partition coefficient (Wildman–Crippen LogP) is 3.40. The lowest BCUT2D eigenvalue weighted by Crippen LogP contribution is -2.36. The first kappa shape index (κ1) is 17.7. The maximum Gasteiger partial charge on any atom is 0.319 e. The maximum absolute atomic E-state index is 13.8. The van der Waals surface area contributed by atoms with E-state index in [1.807, 2.05) is 42.6 Å². The summed E-state index contributed by atoms with van der Waals surface area (Å²) in [4.78, 5) is 12.4. The number of carbonyl (C=O) groups excluding carboxylic acids is 1. The molecule has 1 aromatic carbocycles. The lowest BCUT2D eigenvalue weighted by molar-refractivity contribution is 0.243. The molecule has 3 aromatic rings. The summed E-state index contributed by atoms with van der Waals surface area (Å²) in [5.41, 5.74) is 1.03. The van der Waals surface area contributed by atoms with Gasteiger partial charge in [-0.1, -0.05) is 19.9 Å². The van der Waals surface area contributed by atoms with Gasteiger partial charge in [0.15, 0.2) is 23.0 Å². The first-order valence-electron chi connectivity index (χ1n) is 8.20. The number of hydrogen-bond acceptors (Lipinski definition) is 4. The van der Waals surface area contributed by atoms with Gasteiger partial charge in [0.25, 0.3) is 0 Å². The van der Waals surface area contributed by atoms with Crippen LogP contribution >= 0.6 is 0 Å². The van der Waals surface area contributed by atoms with E-state index in [9.17, 15) is 9.18 Å². The third-order valence-corrected chi connectivity index (χ3v) is 3.98. The Morgan fingerprint density at radius 3 is 2.73 bits per heavy atom. The highest BCUT2D eigenvalue weighted by atomic mass is 19.1. The number of pyridine rings is 1. The van der Waals surface area contributed by atoms with Crippen LogP contribution in [0.25, 0.3) is 5.65 Å². The standard InChI is InChI=1S/C18H20FN5O2/c1-11(2)16(17-23-22-15-6-4-5-9-24(15)17)21-18(25)20-12-7-8-14(26-3)13(19)10-12/h4-11,16H,1-3H3,(H2,20,21,25). The molecule has 0 aliphatic rings. The van der Waals surface area contributed by atoms with Crippen LogP contribution in [0.2, 0.25) is 0 Å². The smallest absolute Gasteiger partial charge is 0.319 e. The molecule has 2 amide bonds. The van der Waals surface area contributed by atoms with Crippen LogP contribution in [-0.2, 0) is 0 Å². The summed E-state index contributed by atoms with van der Waals surface area (Å²) in [6.07, 6.45) is 1.85. The zero-order valence-electron chi connectivity index (χ0n) is 14.7. The Labute approximate surface area is 150 Å². The minimum Gasteiger partial charge on any atom is -0.494 e. The van der Waals surface area contributed by atoms with Gasteiger partial charge in [0.05, 0.1) is 13.2 Å². The number of fused-ring (bicyclic) bond motifs is 1. The van der Waals surface area contributed by atoms with Crippen molar-refractivity contribution in [1.82, 2.24) is 19.9 Å². The molecule has 0 aliphatic heterocycles. The molecule has 7 nitrogen and oxygen atoms in total. The molecule has 136 valence electrons. The van der Waals surface area contributed by atoms with Crippen molar-refractivity contribution >= 4 is 17.4 Å². The first-order valence-corrected chi connectivity index (χ1v) is 8.20. The third-order valence-electron chi connectivity index (χ3n) is 3.98. The van der Waals surface area contributed by atoms with E-state index in [2.05, 4.69) is 20.8 Å². The second-order valence-electron chi connectivity index (χ2n) is 6.16. The number of nitrogens with zero attached hydrogens (tertiary/aromatic N) is 3. The highest BCUT2D eigenvalue weighted by molar-refractivity contribution is 5.89. The van der Waals surface area contributed by atoms with Gasteiger partial charge in [-0.3, -0.25) is 4.40 Å². The van der Waals surface area contributed by atoms with Crippen LogP contribution in [0.5, 0.6) is 5.75 Å².